The van der Waals surface area contributed by atoms with Gasteiger partial charge >= 0.3 is 0 Å². The van der Waals surface area contributed by atoms with Crippen molar-refractivity contribution < 1.29 is 4.42 Å². The van der Waals surface area contributed by atoms with Crippen molar-refractivity contribution in [1.82, 2.24) is 0 Å². The molecule has 1 nitrogen and oxygen atoms in total. The Kier molecular flexibility index (Phi) is 9.21. The van der Waals surface area contributed by atoms with Gasteiger partial charge < -0.3 is 4.42 Å². The van der Waals surface area contributed by atoms with Gasteiger partial charge in [-0.15, -0.1) is 11.3 Å². The molecule has 0 amide bonds. The Balaban J connectivity index is 1.51. The highest BCUT2D eigenvalue weighted by atomic mass is 32.1. The number of fused-ring (bicyclic) bond motifs is 8. The molecule has 5 aromatic carbocycles. The topological polar surface area (TPSA) is 13.1 Å². The average molecular weight is 665 g/mol. The molecule has 0 aliphatic carbocycles. The fraction of sp³-hybridized carbons (Fsp3) is 0.0833. The Labute approximate surface area is 298 Å². The van der Waals surface area contributed by atoms with Crippen molar-refractivity contribution in [1.29, 1.82) is 0 Å². The van der Waals surface area contributed by atoms with E-state index in [1.54, 1.807) is 6.08 Å². The van der Waals surface area contributed by atoms with Gasteiger partial charge in [0.1, 0.15) is 11.2 Å². The highest BCUT2D eigenvalue weighted by Gasteiger charge is 2.20. The molecule has 244 valence electrons. The summed E-state index contributed by atoms with van der Waals surface area (Å²) in [5, 5.41) is 8.36. The summed E-state index contributed by atoms with van der Waals surface area (Å²) >= 11 is 1.85. The van der Waals surface area contributed by atoms with Crippen LogP contribution in [-0.2, 0) is 0 Å². The maximum atomic E-state index is 6.78. The summed E-state index contributed by atoms with van der Waals surface area (Å²) in [6.07, 6.45) is 14.5. The Morgan fingerprint density at radius 2 is 1.34 bits per heavy atom. The van der Waals surface area contributed by atoms with Gasteiger partial charge in [0, 0.05) is 31.1 Å². The van der Waals surface area contributed by atoms with Crippen LogP contribution in [0.1, 0.15) is 36.8 Å². The SMILES string of the molecule is C=C/C=C\C(=C)c1ccc(-c2ccccccc(-c3ccc4oc5c6c(C)c(/C=C\C)sc6c6ccccc6c5c4c3)c(=C/C)/c2=C\C)cc1. The molecular formula is C48H40OS. The van der Waals surface area contributed by atoms with Gasteiger partial charge in [-0.1, -0.05) is 141 Å². The second-order valence-corrected chi connectivity index (χ2v) is 13.4. The van der Waals surface area contributed by atoms with E-state index in [-0.39, 0.29) is 0 Å². The van der Waals surface area contributed by atoms with Crippen molar-refractivity contribution in [3.8, 4) is 22.3 Å². The molecular weight excluding hydrogens is 625 g/mol. The number of rotatable bonds is 6. The lowest BCUT2D eigenvalue weighted by molar-refractivity contribution is 0.673. The van der Waals surface area contributed by atoms with Gasteiger partial charge in [-0.05, 0) is 101 Å². The maximum Gasteiger partial charge on any atom is 0.145 e. The minimum absolute atomic E-state index is 0.900. The van der Waals surface area contributed by atoms with Crippen molar-refractivity contribution in [2.45, 2.75) is 27.7 Å². The fourth-order valence-corrected chi connectivity index (χ4v) is 8.40. The normalized spacial score (nSPS) is 12.6. The monoisotopic (exact) mass is 664 g/mol. The van der Waals surface area contributed by atoms with Crippen LogP contribution in [0.5, 0.6) is 0 Å². The Morgan fingerprint density at radius 1 is 0.700 bits per heavy atom. The van der Waals surface area contributed by atoms with Gasteiger partial charge in [0.25, 0.3) is 0 Å². The molecule has 0 aliphatic rings. The zero-order valence-electron chi connectivity index (χ0n) is 29.1. The van der Waals surface area contributed by atoms with Crippen molar-refractivity contribution >= 4 is 77.9 Å². The number of benzene rings is 4. The number of allylic oxidation sites excluding steroid dienone is 5. The van der Waals surface area contributed by atoms with E-state index in [1.165, 1.54) is 47.1 Å². The molecule has 0 bridgehead atoms. The molecule has 0 spiro atoms. The van der Waals surface area contributed by atoms with Crippen molar-refractivity contribution in [2.24, 2.45) is 0 Å². The first-order valence-corrected chi connectivity index (χ1v) is 17.9. The molecule has 0 saturated carbocycles. The van der Waals surface area contributed by atoms with E-state index in [0.717, 1.165) is 49.9 Å². The van der Waals surface area contributed by atoms with Gasteiger partial charge in [0.05, 0.1) is 0 Å². The lowest BCUT2D eigenvalue weighted by Crippen LogP contribution is -2.27. The first-order chi connectivity index (χ1) is 24.5. The highest BCUT2D eigenvalue weighted by molar-refractivity contribution is 7.21. The van der Waals surface area contributed by atoms with Crippen LogP contribution in [0.3, 0.4) is 0 Å². The van der Waals surface area contributed by atoms with E-state index in [1.807, 2.05) is 23.5 Å². The highest BCUT2D eigenvalue weighted by Crippen LogP contribution is 2.46. The summed E-state index contributed by atoms with van der Waals surface area (Å²) in [6, 6.07) is 37.0. The first-order valence-electron chi connectivity index (χ1n) is 17.1. The van der Waals surface area contributed by atoms with E-state index in [4.69, 9.17) is 4.42 Å². The van der Waals surface area contributed by atoms with E-state index < -0.39 is 0 Å². The Bertz CT molecular complexity index is 2710. The summed E-state index contributed by atoms with van der Waals surface area (Å²) in [6.45, 7) is 16.6. The van der Waals surface area contributed by atoms with Crippen molar-refractivity contribution in [2.75, 3.05) is 0 Å². The predicted octanol–water partition coefficient (Wildman–Crippen LogP) is 13.1. The van der Waals surface area contributed by atoms with Crippen LogP contribution < -0.4 is 10.4 Å². The first kappa shape index (κ1) is 32.8. The third kappa shape index (κ3) is 5.72. The van der Waals surface area contributed by atoms with Gasteiger partial charge in [-0.2, -0.15) is 0 Å². The van der Waals surface area contributed by atoms with Gasteiger partial charge in [-0.25, -0.2) is 0 Å². The van der Waals surface area contributed by atoms with Crippen LogP contribution in [0.4, 0.5) is 0 Å². The van der Waals surface area contributed by atoms with Crippen LogP contribution in [0, 0.1) is 6.92 Å². The third-order valence-electron chi connectivity index (χ3n) is 9.48. The molecule has 0 unspecified atom stereocenters. The smallest absolute Gasteiger partial charge is 0.145 e. The van der Waals surface area contributed by atoms with Gasteiger partial charge in [0.2, 0.25) is 0 Å². The molecule has 0 radical (unpaired) electrons. The van der Waals surface area contributed by atoms with E-state index in [2.05, 4.69) is 168 Å². The average Bonchev–Trinajstić information content (AvgIpc) is 3.69. The minimum atomic E-state index is 0.900. The zero-order chi connectivity index (χ0) is 34.8. The zero-order valence-corrected chi connectivity index (χ0v) is 29.9. The number of aryl methyl sites for hydroxylation is 1. The third-order valence-corrected chi connectivity index (χ3v) is 10.8. The summed E-state index contributed by atoms with van der Waals surface area (Å²) in [5.41, 5.74) is 9.77. The largest absolute Gasteiger partial charge is 0.455 e. The standard InChI is InChI=1S/C48H40OS/c1-7-11-19-31(5)33-24-26-34(27-25-33)38-20-14-12-13-15-21-39(37(10-4)36(38)9-3)35-28-29-43-42(30-35)46-40-22-16-17-23-41(40)48-45(47(46)49-43)32(6)44(50-48)18-8-2/h7-30H,1,5H2,2-4,6H3/b14-12?,15-13?,18-8-,19-11-,36-9+,37-10+,38-20?,39-21?. The molecule has 50 heavy (non-hydrogen) atoms. The Hall–Kier alpha value is -5.70. The lowest BCUT2D eigenvalue weighted by atomic mass is 9.95. The predicted molar refractivity (Wildman–Crippen MR) is 222 cm³/mol. The van der Waals surface area contributed by atoms with Gasteiger partial charge in [0.15, 0.2) is 0 Å². The molecule has 0 saturated heterocycles. The van der Waals surface area contributed by atoms with E-state index >= 15 is 0 Å². The molecule has 0 aliphatic heterocycles. The molecule has 2 heteroatoms. The maximum absolute atomic E-state index is 6.78. The number of hydrogen-bond acceptors (Lipinski definition) is 2. The molecule has 0 fully saturated rings. The second-order valence-electron chi connectivity index (χ2n) is 12.4. The Morgan fingerprint density at radius 3 is 2.00 bits per heavy atom. The van der Waals surface area contributed by atoms with E-state index in [9.17, 15) is 0 Å². The minimum Gasteiger partial charge on any atom is -0.455 e. The van der Waals surface area contributed by atoms with Crippen LogP contribution in [0.15, 0.2) is 145 Å². The second kappa shape index (κ2) is 14.0. The number of hydrogen-bond donors (Lipinski definition) is 0. The van der Waals surface area contributed by atoms with Crippen LogP contribution >= 0.6 is 11.3 Å². The van der Waals surface area contributed by atoms with Crippen LogP contribution in [0.25, 0.3) is 88.9 Å². The van der Waals surface area contributed by atoms with Gasteiger partial charge in [-0.3, -0.25) is 0 Å². The van der Waals surface area contributed by atoms with Crippen molar-refractivity contribution in [3.05, 3.63) is 167 Å². The van der Waals surface area contributed by atoms with Crippen LogP contribution in [-0.4, -0.2) is 0 Å². The van der Waals surface area contributed by atoms with E-state index in [0.29, 0.717) is 0 Å². The summed E-state index contributed by atoms with van der Waals surface area (Å²) in [7, 11) is 0. The summed E-state index contributed by atoms with van der Waals surface area (Å²) in [4.78, 5) is 1.28. The summed E-state index contributed by atoms with van der Waals surface area (Å²) < 4.78 is 8.06. The molecule has 0 atom stereocenters. The lowest BCUT2D eigenvalue weighted by Gasteiger charge is -2.08. The molecule has 7 rings (SSSR count). The van der Waals surface area contributed by atoms with Crippen LogP contribution in [0.2, 0.25) is 0 Å². The van der Waals surface area contributed by atoms with Crippen molar-refractivity contribution in [3.63, 3.8) is 0 Å². The number of furan rings is 1. The molecule has 0 N–H and O–H groups in total. The quantitative estimate of drug-likeness (QED) is 0.161. The fourth-order valence-electron chi connectivity index (χ4n) is 7.08. The summed E-state index contributed by atoms with van der Waals surface area (Å²) in [5.74, 6) is 0. The molecule has 2 heterocycles. The molecule has 2 aromatic heterocycles. The number of thiophene rings is 1. The molecule has 7 aromatic rings.